The number of likely N-dealkylation sites (tertiary alicyclic amines) is 1. The van der Waals surface area contributed by atoms with Crippen molar-refractivity contribution in [2.24, 2.45) is 22.6 Å². The molecule has 0 spiro atoms. The lowest BCUT2D eigenvalue weighted by atomic mass is 9.95. The van der Waals surface area contributed by atoms with Gasteiger partial charge in [-0.25, -0.2) is 0 Å². The average Bonchev–Trinajstić information content (AvgIpc) is 3.45. The quantitative estimate of drug-likeness (QED) is 0.578. The first-order valence-electron chi connectivity index (χ1n) is 9.60. The zero-order chi connectivity index (χ0) is 18.4. The maximum absolute atomic E-state index is 11.2. The third-order valence-electron chi connectivity index (χ3n) is 5.10. The highest BCUT2D eigenvalue weighted by molar-refractivity contribution is 5.80. The van der Waals surface area contributed by atoms with Gasteiger partial charge in [0.15, 0.2) is 5.96 Å². The molecule has 142 valence electrons. The smallest absolute Gasteiger partial charge is 0.217 e. The molecule has 0 aromatic heterocycles. The van der Waals surface area contributed by atoms with Gasteiger partial charge in [0.25, 0.3) is 0 Å². The van der Waals surface area contributed by atoms with Gasteiger partial charge in [-0.1, -0.05) is 18.2 Å². The van der Waals surface area contributed by atoms with Crippen LogP contribution in [0, 0.1) is 11.8 Å². The highest BCUT2D eigenvalue weighted by Crippen LogP contribution is 2.30. The fourth-order valence-electron chi connectivity index (χ4n) is 3.50. The fraction of sp³-hybridized carbons (Fsp3) is 0.600. The maximum Gasteiger partial charge on any atom is 0.217 e. The topological polar surface area (TPSA) is 80.0 Å². The zero-order valence-electron chi connectivity index (χ0n) is 15.6. The Morgan fingerprint density at radius 1 is 1.31 bits per heavy atom. The molecule has 1 aromatic rings. The van der Waals surface area contributed by atoms with Gasteiger partial charge in [-0.15, -0.1) is 0 Å². The Balaban J connectivity index is 1.56. The number of piperidine rings is 1. The fourth-order valence-corrected chi connectivity index (χ4v) is 3.50. The number of hydrogen-bond acceptors (Lipinski definition) is 3. The Morgan fingerprint density at radius 3 is 2.85 bits per heavy atom. The number of primary amides is 1. The molecule has 0 radical (unpaired) electrons. The number of aliphatic imine (C=N–C) groups is 1. The van der Waals surface area contributed by atoms with E-state index >= 15 is 0 Å². The van der Waals surface area contributed by atoms with Gasteiger partial charge in [0.1, 0.15) is 5.75 Å². The predicted octanol–water partition coefficient (Wildman–Crippen LogP) is 2.14. The van der Waals surface area contributed by atoms with Gasteiger partial charge < -0.3 is 20.7 Å². The van der Waals surface area contributed by atoms with Crippen LogP contribution in [0.25, 0.3) is 0 Å². The summed E-state index contributed by atoms with van der Waals surface area (Å²) in [7, 11) is 1.80. The number of nitrogens with two attached hydrogens (primary N) is 1. The van der Waals surface area contributed by atoms with Crippen molar-refractivity contribution in [3.8, 4) is 5.75 Å². The summed E-state index contributed by atoms with van der Waals surface area (Å²) in [4.78, 5) is 17.9. The van der Waals surface area contributed by atoms with Crippen molar-refractivity contribution >= 4 is 11.9 Å². The molecule has 3 N–H and O–H groups in total. The second-order valence-corrected chi connectivity index (χ2v) is 7.39. The van der Waals surface area contributed by atoms with Crippen LogP contribution in [0.5, 0.6) is 5.75 Å². The number of carbonyl (C=O) groups excluding carboxylic acids is 1. The van der Waals surface area contributed by atoms with Crippen LogP contribution >= 0.6 is 0 Å². The van der Waals surface area contributed by atoms with Crippen molar-refractivity contribution in [2.75, 3.05) is 26.7 Å². The number of nitrogens with zero attached hydrogens (tertiary/aromatic N) is 2. The van der Waals surface area contributed by atoms with Crippen LogP contribution in [0.15, 0.2) is 29.3 Å². The minimum Gasteiger partial charge on any atom is -0.493 e. The normalized spacial score (nSPS) is 20.7. The third kappa shape index (κ3) is 5.38. The molecule has 26 heavy (non-hydrogen) atoms. The summed E-state index contributed by atoms with van der Waals surface area (Å²) in [5, 5.41) is 3.45. The molecule has 2 fully saturated rings. The molecular weight excluding hydrogens is 328 g/mol. The van der Waals surface area contributed by atoms with Gasteiger partial charge in [-0.2, -0.15) is 0 Å². The second-order valence-electron chi connectivity index (χ2n) is 7.39. The van der Waals surface area contributed by atoms with Gasteiger partial charge in [-0.3, -0.25) is 9.79 Å². The first-order chi connectivity index (χ1) is 12.7. The Hall–Kier alpha value is -2.24. The van der Waals surface area contributed by atoms with E-state index in [4.69, 9.17) is 10.5 Å². The van der Waals surface area contributed by atoms with Crippen LogP contribution in [0.2, 0.25) is 0 Å². The summed E-state index contributed by atoms with van der Waals surface area (Å²) in [6.07, 6.45) is 5.13. The predicted molar refractivity (Wildman–Crippen MR) is 103 cm³/mol. The summed E-state index contributed by atoms with van der Waals surface area (Å²) >= 11 is 0. The minimum atomic E-state index is -0.221. The molecule has 1 aliphatic heterocycles. The Kier molecular flexibility index (Phi) is 6.36. The highest BCUT2D eigenvalue weighted by atomic mass is 16.5. The van der Waals surface area contributed by atoms with Crippen molar-refractivity contribution in [1.29, 1.82) is 0 Å². The summed E-state index contributed by atoms with van der Waals surface area (Å²) < 4.78 is 5.99. The van der Waals surface area contributed by atoms with Crippen molar-refractivity contribution in [3.05, 3.63) is 29.8 Å². The van der Waals surface area contributed by atoms with E-state index in [0.29, 0.717) is 18.9 Å². The van der Waals surface area contributed by atoms with Crippen molar-refractivity contribution in [3.63, 3.8) is 0 Å². The van der Waals surface area contributed by atoms with E-state index in [2.05, 4.69) is 21.3 Å². The lowest BCUT2D eigenvalue weighted by Gasteiger charge is -2.34. The van der Waals surface area contributed by atoms with E-state index in [1.54, 1.807) is 7.05 Å². The molecule has 1 amide bonds. The Labute approximate surface area is 155 Å². The molecule has 6 nitrogen and oxygen atoms in total. The van der Waals surface area contributed by atoms with E-state index in [-0.39, 0.29) is 5.91 Å². The van der Waals surface area contributed by atoms with Crippen LogP contribution in [0.3, 0.4) is 0 Å². The van der Waals surface area contributed by atoms with Crippen molar-refractivity contribution < 1.29 is 9.53 Å². The molecule has 3 rings (SSSR count). The number of guanidine groups is 1. The molecule has 0 bridgehead atoms. The molecular formula is C20H30N4O2. The number of para-hydroxylation sites is 1. The summed E-state index contributed by atoms with van der Waals surface area (Å²) in [5.74, 6) is 2.65. The second kappa shape index (κ2) is 8.92. The lowest BCUT2D eigenvalue weighted by Crippen LogP contribution is -2.46. The van der Waals surface area contributed by atoms with Gasteiger partial charge in [-0.05, 0) is 43.6 Å². The SMILES string of the molecule is CN=C(NCc1ccccc1OCC1CC1)N1CCCC(CC(N)=O)C1. The summed E-state index contributed by atoms with van der Waals surface area (Å²) in [6.45, 7) is 3.26. The third-order valence-corrected chi connectivity index (χ3v) is 5.10. The molecule has 1 aliphatic carbocycles. The van der Waals surface area contributed by atoms with Gasteiger partial charge in [0.05, 0.1) is 6.61 Å². The molecule has 1 atom stereocenters. The van der Waals surface area contributed by atoms with E-state index < -0.39 is 0 Å². The van der Waals surface area contributed by atoms with Gasteiger partial charge in [0, 0.05) is 38.7 Å². The van der Waals surface area contributed by atoms with Crippen molar-refractivity contribution in [1.82, 2.24) is 10.2 Å². The molecule has 1 heterocycles. The molecule has 2 aliphatic rings. The van der Waals surface area contributed by atoms with Gasteiger partial charge >= 0.3 is 0 Å². The Morgan fingerprint density at radius 2 is 2.12 bits per heavy atom. The Bertz CT molecular complexity index is 642. The standard InChI is InChI=1S/C20H30N4O2/c1-22-20(24-10-4-5-16(13-24)11-19(21)25)23-12-17-6-2-3-7-18(17)26-14-15-8-9-15/h2-3,6-7,15-16H,4-5,8-14H2,1H3,(H2,21,25)(H,22,23). The molecule has 1 saturated heterocycles. The maximum atomic E-state index is 11.2. The number of nitrogens with one attached hydrogen (secondary N) is 1. The number of amides is 1. The number of rotatable bonds is 7. The number of benzene rings is 1. The lowest BCUT2D eigenvalue weighted by molar-refractivity contribution is -0.119. The highest BCUT2D eigenvalue weighted by Gasteiger charge is 2.24. The molecule has 1 saturated carbocycles. The van der Waals surface area contributed by atoms with Crippen LogP contribution in [0.1, 0.15) is 37.7 Å². The molecule has 1 unspecified atom stereocenters. The first-order valence-corrected chi connectivity index (χ1v) is 9.60. The number of hydrogen-bond donors (Lipinski definition) is 2. The van der Waals surface area contributed by atoms with Crippen LogP contribution in [-0.2, 0) is 11.3 Å². The number of ether oxygens (including phenoxy) is 1. The summed E-state index contributed by atoms with van der Waals surface area (Å²) in [6, 6.07) is 8.17. The van der Waals surface area contributed by atoms with Crippen molar-refractivity contribution in [2.45, 2.75) is 38.6 Å². The zero-order valence-corrected chi connectivity index (χ0v) is 15.6. The minimum absolute atomic E-state index is 0.221. The van der Waals surface area contributed by atoms with Gasteiger partial charge in [0.2, 0.25) is 5.91 Å². The van der Waals surface area contributed by atoms with Crippen LogP contribution in [0.4, 0.5) is 0 Å². The van der Waals surface area contributed by atoms with E-state index in [1.807, 2.05) is 18.2 Å². The molecule has 6 heteroatoms. The van der Waals surface area contributed by atoms with E-state index in [1.165, 1.54) is 12.8 Å². The summed E-state index contributed by atoms with van der Waals surface area (Å²) in [5.41, 5.74) is 6.50. The number of carbonyl (C=O) groups is 1. The van der Waals surface area contributed by atoms with Crippen LogP contribution < -0.4 is 15.8 Å². The average molecular weight is 358 g/mol. The van der Waals surface area contributed by atoms with E-state index in [9.17, 15) is 4.79 Å². The molecule has 1 aromatic carbocycles. The van der Waals surface area contributed by atoms with E-state index in [0.717, 1.165) is 55.7 Å². The largest absolute Gasteiger partial charge is 0.493 e. The monoisotopic (exact) mass is 358 g/mol. The van der Waals surface area contributed by atoms with Crippen LogP contribution in [-0.4, -0.2) is 43.5 Å². The first kappa shape index (κ1) is 18.5.